The number of amidine groups is 1. The van der Waals surface area contributed by atoms with E-state index in [1.165, 1.54) is 12.8 Å². The number of carbonyl (C=O) groups excluding carboxylic acids is 2. The Morgan fingerprint density at radius 3 is 2.59 bits per heavy atom. The predicted molar refractivity (Wildman–Crippen MR) is 123 cm³/mol. The largest absolute Gasteiger partial charge is 0.464 e. The summed E-state index contributed by atoms with van der Waals surface area (Å²) >= 11 is 0. The summed E-state index contributed by atoms with van der Waals surface area (Å²) in [5, 5.41) is 10.1. The van der Waals surface area contributed by atoms with E-state index in [0.717, 1.165) is 32.2 Å². The van der Waals surface area contributed by atoms with Crippen molar-refractivity contribution in [2.24, 2.45) is 40.3 Å². The van der Waals surface area contributed by atoms with Gasteiger partial charge in [0.25, 0.3) is 0 Å². The molecule has 10 heteroatoms. The third-order valence-corrected chi connectivity index (χ3v) is 6.72. The van der Waals surface area contributed by atoms with E-state index < -0.39 is 0 Å². The summed E-state index contributed by atoms with van der Waals surface area (Å²) in [6.07, 6.45) is 6.49. The first-order valence-electron chi connectivity index (χ1n) is 11.9. The van der Waals surface area contributed by atoms with Crippen LogP contribution in [-0.4, -0.2) is 56.7 Å². The molecular formula is C22H42N6O4. The number of nitrogens with one attached hydrogen (secondary N) is 3. The Balaban J connectivity index is 1.67. The quantitative estimate of drug-likeness (QED) is 0.0713. The summed E-state index contributed by atoms with van der Waals surface area (Å²) in [4.78, 5) is 24.5. The van der Waals surface area contributed by atoms with E-state index in [2.05, 4.69) is 21.3 Å². The average molecular weight is 455 g/mol. The minimum atomic E-state index is -0.322. The fourth-order valence-corrected chi connectivity index (χ4v) is 4.91. The lowest BCUT2D eigenvalue weighted by Crippen LogP contribution is -2.50. The van der Waals surface area contributed by atoms with E-state index in [1.54, 1.807) is 7.05 Å². The molecule has 2 fully saturated rings. The Bertz CT molecular complexity index is 630. The molecule has 0 aromatic rings. The molecule has 7 N–H and O–H groups in total. The van der Waals surface area contributed by atoms with Crippen molar-refractivity contribution < 1.29 is 19.1 Å². The van der Waals surface area contributed by atoms with Gasteiger partial charge in [-0.15, -0.1) is 0 Å². The minimum Gasteiger partial charge on any atom is -0.464 e. The standard InChI is InChI=1S/C22H42N6O4/c1-14(2)20(25-3)22(30)32-10-4-9-31-21(29)18-12-17-11-15(5-7-16(17)13-26-18)6-8-19(23)27-28-24/h14-18,20,25-26,28H,4-13,24H2,1-3H3,(H2,23,27). The maximum absolute atomic E-state index is 12.5. The Labute approximate surface area is 191 Å². The molecule has 2 aliphatic rings. The van der Waals surface area contributed by atoms with E-state index in [9.17, 15) is 9.59 Å². The Hall–Kier alpha value is -1.91. The molecule has 1 aliphatic carbocycles. The van der Waals surface area contributed by atoms with Crippen LogP contribution < -0.4 is 27.7 Å². The van der Waals surface area contributed by atoms with Gasteiger partial charge in [0.05, 0.1) is 13.2 Å². The number of hydrazine groups is 1. The maximum atomic E-state index is 12.5. The van der Waals surface area contributed by atoms with Crippen LogP contribution in [-0.2, 0) is 19.1 Å². The van der Waals surface area contributed by atoms with Crippen LogP contribution in [0.15, 0.2) is 5.10 Å². The topological polar surface area (TPSA) is 153 Å². The van der Waals surface area contributed by atoms with Gasteiger partial charge in [-0.2, -0.15) is 5.10 Å². The van der Waals surface area contributed by atoms with Gasteiger partial charge in [0, 0.05) is 12.8 Å². The molecule has 1 saturated carbocycles. The van der Waals surface area contributed by atoms with Crippen LogP contribution in [0.1, 0.15) is 58.8 Å². The highest BCUT2D eigenvalue weighted by atomic mass is 16.5. The van der Waals surface area contributed by atoms with Crippen LogP contribution in [0, 0.1) is 23.7 Å². The third kappa shape index (κ3) is 8.22. The van der Waals surface area contributed by atoms with Gasteiger partial charge in [0.1, 0.15) is 17.9 Å². The second-order valence-corrected chi connectivity index (χ2v) is 9.37. The number of esters is 2. The van der Waals surface area contributed by atoms with Crippen LogP contribution in [0.5, 0.6) is 0 Å². The number of fused-ring (bicyclic) bond motifs is 1. The molecule has 0 spiro atoms. The Morgan fingerprint density at radius 2 is 1.91 bits per heavy atom. The molecule has 1 saturated heterocycles. The van der Waals surface area contributed by atoms with Gasteiger partial charge in [-0.05, 0) is 62.9 Å². The molecule has 0 aromatic heterocycles. The van der Waals surface area contributed by atoms with Crippen molar-refractivity contribution in [3.05, 3.63) is 0 Å². The number of hydrogen-bond acceptors (Lipinski definition) is 9. The molecule has 0 aromatic carbocycles. The molecule has 0 radical (unpaired) electrons. The summed E-state index contributed by atoms with van der Waals surface area (Å²) in [6.45, 7) is 5.28. The minimum absolute atomic E-state index is 0.152. The molecule has 5 unspecified atom stereocenters. The zero-order valence-electron chi connectivity index (χ0n) is 19.8. The zero-order chi connectivity index (χ0) is 23.5. The number of hydrogen-bond donors (Lipinski definition) is 5. The first kappa shape index (κ1) is 26.3. The van der Waals surface area contributed by atoms with Crippen LogP contribution in [0.3, 0.4) is 0 Å². The van der Waals surface area contributed by atoms with Crippen molar-refractivity contribution in [3.8, 4) is 0 Å². The molecular weight excluding hydrogens is 412 g/mol. The molecule has 184 valence electrons. The van der Waals surface area contributed by atoms with E-state index >= 15 is 0 Å². The second kappa shape index (κ2) is 13.6. The lowest BCUT2D eigenvalue weighted by molar-refractivity contribution is -0.150. The zero-order valence-corrected chi connectivity index (χ0v) is 19.8. The highest BCUT2D eigenvalue weighted by Gasteiger charge is 2.38. The summed E-state index contributed by atoms with van der Waals surface area (Å²) < 4.78 is 10.7. The number of hydrazone groups is 1. The van der Waals surface area contributed by atoms with Gasteiger partial charge >= 0.3 is 11.9 Å². The van der Waals surface area contributed by atoms with Crippen LogP contribution in [0.25, 0.3) is 0 Å². The summed E-state index contributed by atoms with van der Waals surface area (Å²) in [6, 6.07) is -0.586. The van der Waals surface area contributed by atoms with Gasteiger partial charge in [0.2, 0.25) is 0 Å². The van der Waals surface area contributed by atoms with Crippen LogP contribution >= 0.6 is 0 Å². The average Bonchev–Trinajstić information content (AvgIpc) is 2.77. The number of carbonyl (C=O) groups is 2. The van der Waals surface area contributed by atoms with E-state index in [4.69, 9.17) is 21.1 Å². The highest BCUT2D eigenvalue weighted by Crippen LogP contribution is 2.40. The molecule has 2 rings (SSSR count). The van der Waals surface area contributed by atoms with Gasteiger partial charge in [-0.1, -0.05) is 20.3 Å². The molecule has 0 bridgehead atoms. The SMILES string of the molecule is CNC(C(=O)OCCCOC(=O)C1CC2CC(CC/C(N)=N/NN)CCC2CN1)C(C)C. The highest BCUT2D eigenvalue weighted by molar-refractivity contribution is 5.80. The Kier molecular flexibility index (Phi) is 11.2. The Morgan fingerprint density at radius 1 is 1.16 bits per heavy atom. The normalized spacial score (nSPS) is 26.8. The van der Waals surface area contributed by atoms with Crippen molar-refractivity contribution in [1.29, 1.82) is 0 Å². The third-order valence-electron chi connectivity index (χ3n) is 6.72. The number of piperidine rings is 1. The number of nitrogens with zero attached hydrogens (tertiary/aromatic N) is 1. The molecule has 32 heavy (non-hydrogen) atoms. The van der Waals surface area contributed by atoms with Gasteiger partial charge < -0.3 is 25.8 Å². The van der Waals surface area contributed by atoms with Gasteiger partial charge in [-0.25, -0.2) is 11.4 Å². The summed E-state index contributed by atoms with van der Waals surface area (Å²) in [7, 11) is 1.74. The van der Waals surface area contributed by atoms with Crippen LogP contribution in [0.4, 0.5) is 0 Å². The van der Waals surface area contributed by atoms with Crippen molar-refractivity contribution in [2.75, 3.05) is 26.8 Å². The van der Waals surface area contributed by atoms with Crippen molar-refractivity contribution in [1.82, 2.24) is 16.2 Å². The first-order chi connectivity index (χ1) is 15.3. The second-order valence-electron chi connectivity index (χ2n) is 9.37. The maximum Gasteiger partial charge on any atom is 0.323 e. The number of nitrogens with two attached hydrogens (primary N) is 2. The summed E-state index contributed by atoms with van der Waals surface area (Å²) in [5.41, 5.74) is 8.06. The molecule has 1 aliphatic heterocycles. The number of ether oxygens (including phenoxy) is 2. The molecule has 0 amide bonds. The molecule has 10 nitrogen and oxygen atoms in total. The summed E-state index contributed by atoms with van der Waals surface area (Å²) in [5.74, 6) is 7.10. The monoisotopic (exact) mass is 454 g/mol. The number of likely N-dealkylation sites (N-methyl/N-ethyl adjacent to an activating group) is 1. The predicted octanol–water partition coefficient (Wildman–Crippen LogP) is 0.617. The lowest BCUT2D eigenvalue weighted by atomic mass is 9.69. The van der Waals surface area contributed by atoms with Crippen LogP contribution in [0.2, 0.25) is 0 Å². The van der Waals surface area contributed by atoms with Crippen molar-refractivity contribution >= 4 is 17.8 Å². The smallest absolute Gasteiger partial charge is 0.323 e. The molecule has 5 atom stereocenters. The van der Waals surface area contributed by atoms with Gasteiger partial charge in [-0.3, -0.25) is 9.59 Å². The van der Waals surface area contributed by atoms with E-state index in [-0.39, 0.29) is 43.2 Å². The van der Waals surface area contributed by atoms with Crippen molar-refractivity contribution in [3.63, 3.8) is 0 Å². The van der Waals surface area contributed by atoms with Crippen molar-refractivity contribution in [2.45, 2.75) is 70.9 Å². The fourth-order valence-electron chi connectivity index (χ4n) is 4.91. The lowest BCUT2D eigenvalue weighted by Gasteiger charge is -2.42. The fraction of sp³-hybridized carbons (Fsp3) is 0.864. The van der Waals surface area contributed by atoms with E-state index in [1.807, 2.05) is 13.8 Å². The molecule has 1 heterocycles. The first-order valence-corrected chi connectivity index (χ1v) is 11.9. The number of rotatable bonds is 12. The van der Waals surface area contributed by atoms with Gasteiger partial charge in [0.15, 0.2) is 0 Å². The van der Waals surface area contributed by atoms with E-state index in [0.29, 0.717) is 30.0 Å².